The van der Waals surface area contributed by atoms with Crippen molar-refractivity contribution in [3.8, 4) is 5.75 Å². The molecule has 5 nitrogen and oxygen atoms in total. The lowest BCUT2D eigenvalue weighted by Crippen LogP contribution is -2.38. The molecule has 156 valence electrons. The summed E-state index contributed by atoms with van der Waals surface area (Å²) in [5.41, 5.74) is 0.171. The quantitative estimate of drug-likeness (QED) is 0.302. The highest BCUT2D eigenvalue weighted by Crippen LogP contribution is 2.30. The normalized spacial score (nSPS) is 11.7. The summed E-state index contributed by atoms with van der Waals surface area (Å²) in [6, 6.07) is 7.70. The molecule has 1 heterocycles. The number of hydrogen-bond donors (Lipinski definition) is 2. The highest BCUT2D eigenvalue weighted by atomic mass is 127. The van der Waals surface area contributed by atoms with Gasteiger partial charge >= 0.3 is 6.18 Å². The molecular weight excluding hydrogens is 504 g/mol. The van der Waals surface area contributed by atoms with Gasteiger partial charge in [0, 0.05) is 24.9 Å². The second-order valence-electron chi connectivity index (χ2n) is 5.58. The van der Waals surface area contributed by atoms with Gasteiger partial charge in [0.2, 0.25) is 0 Å². The number of alkyl halides is 3. The topological polar surface area (TPSA) is 58.5 Å². The monoisotopic (exact) mass is 528 g/mol. The molecule has 0 radical (unpaired) electrons. The summed E-state index contributed by atoms with van der Waals surface area (Å²) in [5.74, 6) is 1.40. The van der Waals surface area contributed by atoms with Crippen molar-refractivity contribution in [1.29, 1.82) is 0 Å². The summed E-state index contributed by atoms with van der Waals surface area (Å²) in [6.45, 7) is 6.06. The van der Waals surface area contributed by atoms with Crippen LogP contribution in [0.4, 0.5) is 13.2 Å². The lowest BCUT2D eigenvalue weighted by molar-refractivity contribution is -0.140. The van der Waals surface area contributed by atoms with E-state index in [0.29, 0.717) is 43.6 Å². The molecule has 10 heteroatoms. The summed E-state index contributed by atoms with van der Waals surface area (Å²) in [4.78, 5) is 8.13. The van der Waals surface area contributed by atoms with Gasteiger partial charge in [0.25, 0.3) is 0 Å². The van der Waals surface area contributed by atoms with E-state index in [4.69, 9.17) is 4.74 Å². The second-order valence-corrected chi connectivity index (χ2v) is 6.52. The van der Waals surface area contributed by atoms with E-state index in [2.05, 4.69) is 20.6 Å². The zero-order valence-electron chi connectivity index (χ0n) is 15.7. The van der Waals surface area contributed by atoms with Crippen LogP contribution in [0.25, 0.3) is 0 Å². The van der Waals surface area contributed by atoms with Gasteiger partial charge in [-0.2, -0.15) is 13.2 Å². The Labute approximate surface area is 183 Å². The Hall–Kier alpha value is -1.56. The van der Waals surface area contributed by atoms with Crippen molar-refractivity contribution in [1.82, 2.24) is 15.6 Å². The van der Waals surface area contributed by atoms with Gasteiger partial charge in [0.15, 0.2) is 11.7 Å². The van der Waals surface area contributed by atoms with Crippen LogP contribution < -0.4 is 15.4 Å². The number of aliphatic imine (C=N–C) groups is 1. The second kappa shape index (κ2) is 12.1. The van der Waals surface area contributed by atoms with Gasteiger partial charge in [-0.05, 0) is 31.5 Å². The first-order valence-electron chi connectivity index (χ1n) is 8.68. The number of guanidine groups is 1. The Balaban J connectivity index is 0.00000392. The van der Waals surface area contributed by atoms with E-state index in [0.717, 1.165) is 28.0 Å². The number of benzene rings is 1. The Kier molecular flexibility index (Phi) is 10.6. The van der Waals surface area contributed by atoms with Gasteiger partial charge < -0.3 is 15.4 Å². The van der Waals surface area contributed by atoms with Gasteiger partial charge in [-0.15, -0.1) is 35.3 Å². The molecule has 0 bridgehead atoms. The highest BCUT2D eigenvalue weighted by Gasteiger charge is 2.33. The summed E-state index contributed by atoms with van der Waals surface area (Å²) < 4.78 is 43.2. The number of halogens is 4. The standard InChI is InChI=1S/C18H23F3N4OS.HI/c1-3-22-17(24-11-13-6-5-7-14(10-13)26-4-2)23-9-8-16-25-15(12-27-16)18(19,20)21;/h5-7,10,12H,3-4,8-9,11H2,1-2H3,(H2,22,23,24);1H. The summed E-state index contributed by atoms with van der Waals surface area (Å²) in [6.07, 6.45) is -4.00. The minimum atomic E-state index is -4.39. The fraction of sp³-hybridized carbons (Fsp3) is 0.444. The first kappa shape index (κ1) is 24.5. The van der Waals surface area contributed by atoms with E-state index in [1.165, 1.54) is 0 Å². The lowest BCUT2D eigenvalue weighted by atomic mass is 10.2. The Morgan fingerprint density at radius 3 is 2.68 bits per heavy atom. The van der Waals surface area contributed by atoms with Crippen molar-refractivity contribution in [2.45, 2.75) is 33.0 Å². The fourth-order valence-corrected chi connectivity index (χ4v) is 3.06. The van der Waals surface area contributed by atoms with E-state index in [9.17, 15) is 13.2 Å². The highest BCUT2D eigenvalue weighted by molar-refractivity contribution is 14.0. The largest absolute Gasteiger partial charge is 0.494 e. The van der Waals surface area contributed by atoms with Crippen LogP contribution in [0.5, 0.6) is 5.75 Å². The van der Waals surface area contributed by atoms with Crippen molar-refractivity contribution >= 4 is 41.3 Å². The molecule has 1 aromatic heterocycles. The van der Waals surface area contributed by atoms with Crippen LogP contribution in [0.3, 0.4) is 0 Å². The zero-order valence-corrected chi connectivity index (χ0v) is 18.8. The third-order valence-corrected chi connectivity index (χ3v) is 4.36. The predicted molar refractivity (Wildman–Crippen MR) is 117 cm³/mol. The predicted octanol–water partition coefficient (Wildman–Crippen LogP) is 4.48. The van der Waals surface area contributed by atoms with Crippen molar-refractivity contribution in [2.75, 3.05) is 19.7 Å². The number of nitrogens with one attached hydrogen (secondary N) is 2. The Bertz CT molecular complexity index is 752. The van der Waals surface area contributed by atoms with Gasteiger partial charge in [-0.25, -0.2) is 9.98 Å². The molecule has 2 aromatic rings. The van der Waals surface area contributed by atoms with Gasteiger partial charge in [0.1, 0.15) is 5.75 Å². The average Bonchev–Trinajstić information content (AvgIpc) is 3.10. The van der Waals surface area contributed by atoms with Crippen LogP contribution in [-0.4, -0.2) is 30.6 Å². The third-order valence-electron chi connectivity index (χ3n) is 3.45. The molecule has 28 heavy (non-hydrogen) atoms. The van der Waals surface area contributed by atoms with Crippen LogP contribution in [0.2, 0.25) is 0 Å². The van der Waals surface area contributed by atoms with Crippen LogP contribution in [-0.2, 0) is 19.1 Å². The third kappa shape index (κ3) is 8.21. The number of aromatic nitrogens is 1. The van der Waals surface area contributed by atoms with Crippen LogP contribution in [0.15, 0.2) is 34.6 Å². The van der Waals surface area contributed by atoms with E-state index in [-0.39, 0.29) is 24.0 Å². The molecule has 0 atom stereocenters. The average molecular weight is 528 g/mol. The molecule has 0 saturated carbocycles. The fourth-order valence-electron chi connectivity index (χ4n) is 2.26. The van der Waals surface area contributed by atoms with Crippen molar-refractivity contribution in [3.05, 3.63) is 45.9 Å². The van der Waals surface area contributed by atoms with Gasteiger partial charge in [0.05, 0.1) is 18.2 Å². The summed E-state index contributed by atoms with van der Waals surface area (Å²) >= 11 is 1.01. The SMILES string of the molecule is CCNC(=NCc1cccc(OCC)c1)NCCc1nc(C(F)(F)F)cs1.I. The molecule has 0 spiro atoms. The molecule has 0 fully saturated rings. The van der Waals surface area contributed by atoms with Crippen LogP contribution >= 0.6 is 35.3 Å². The molecule has 1 aromatic carbocycles. The zero-order chi connectivity index (χ0) is 19.7. The Morgan fingerprint density at radius 1 is 1.25 bits per heavy atom. The molecule has 0 aliphatic heterocycles. The van der Waals surface area contributed by atoms with Gasteiger partial charge in [-0.3, -0.25) is 0 Å². The lowest BCUT2D eigenvalue weighted by Gasteiger charge is -2.11. The smallest absolute Gasteiger partial charge is 0.434 e. The van der Waals surface area contributed by atoms with E-state index in [1.807, 2.05) is 38.1 Å². The van der Waals surface area contributed by atoms with E-state index >= 15 is 0 Å². The molecular formula is C18H24F3IN4OS. The summed E-state index contributed by atoms with van der Waals surface area (Å²) in [5, 5.41) is 7.72. The number of ether oxygens (including phenoxy) is 1. The number of nitrogens with zero attached hydrogens (tertiary/aromatic N) is 2. The minimum Gasteiger partial charge on any atom is -0.494 e. The Morgan fingerprint density at radius 2 is 2.04 bits per heavy atom. The molecule has 0 saturated heterocycles. The molecule has 2 rings (SSSR count). The van der Waals surface area contributed by atoms with Crippen LogP contribution in [0, 0.1) is 0 Å². The molecule has 0 amide bonds. The molecule has 2 N–H and O–H groups in total. The van der Waals surface area contributed by atoms with Crippen molar-refractivity contribution in [3.63, 3.8) is 0 Å². The maximum absolute atomic E-state index is 12.6. The number of hydrogen-bond acceptors (Lipinski definition) is 4. The first-order chi connectivity index (χ1) is 12.9. The van der Waals surface area contributed by atoms with Crippen molar-refractivity contribution < 1.29 is 17.9 Å². The molecule has 0 aliphatic carbocycles. The number of rotatable bonds is 8. The minimum absolute atomic E-state index is 0. The maximum Gasteiger partial charge on any atom is 0.434 e. The van der Waals surface area contributed by atoms with Crippen LogP contribution in [0.1, 0.15) is 30.1 Å². The maximum atomic E-state index is 12.6. The number of thiazole rings is 1. The van der Waals surface area contributed by atoms with Gasteiger partial charge in [-0.1, -0.05) is 12.1 Å². The van der Waals surface area contributed by atoms with E-state index < -0.39 is 11.9 Å². The molecule has 0 aliphatic rings. The summed E-state index contributed by atoms with van der Waals surface area (Å²) in [7, 11) is 0. The van der Waals surface area contributed by atoms with Crippen molar-refractivity contribution in [2.24, 2.45) is 4.99 Å². The van der Waals surface area contributed by atoms with E-state index in [1.54, 1.807) is 0 Å². The first-order valence-corrected chi connectivity index (χ1v) is 9.55. The molecule has 0 unspecified atom stereocenters.